The molecule has 1 aromatic heterocycles. The topological polar surface area (TPSA) is 37.0 Å². The number of nitrogens with zero attached hydrogens (tertiary/aromatic N) is 1. The van der Waals surface area contributed by atoms with E-state index >= 15 is 0 Å². The Balaban J connectivity index is 1.70. The largest absolute Gasteiger partial charge is 0.378 e. The molecule has 4 bridgehead atoms. The highest BCUT2D eigenvalue weighted by atomic mass is 31.1. The van der Waals surface area contributed by atoms with Crippen LogP contribution in [0.1, 0.15) is 49.5 Å². The summed E-state index contributed by atoms with van der Waals surface area (Å²) in [6, 6.07) is 33.2. The molecule has 2 unspecified atom stereocenters. The third-order valence-electron chi connectivity index (χ3n) is 6.96. The summed E-state index contributed by atoms with van der Waals surface area (Å²) in [5.74, 6) is 0. The van der Waals surface area contributed by atoms with Gasteiger partial charge >= 0.3 is 0 Å². The molecule has 2 atom stereocenters. The number of pyridine rings is 1. The second kappa shape index (κ2) is 11.3. The normalized spacial score (nSPS) is 16.8. The number of rotatable bonds is 5. The average Bonchev–Trinajstić information content (AvgIpc) is 2.91. The van der Waals surface area contributed by atoms with Gasteiger partial charge in [-0.15, -0.1) is 7.92 Å². The Hall–Kier alpha value is -3.16. The van der Waals surface area contributed by atoms with Crippen LogP contribution in [-0.4, -0.2) is 24.5 Å². The van der Waals surface area contributed by atoms with Gasteiger partial charge in [-0.05, 0) is 73.8 Å². The minimum atomic E-state index is 0.0276. The van der Waals surface area contributed by atoms with Gasteiger partial charge in [0.1, 0.15) is 0 Å². The van der Waals surface area contributed by atoms with Crippen LogP contribution in [-0.2, 0) is 0 Å². The van der Waals surface area contributed by atoms with Gasteiger partial charge < -0.3 is 10.6 Å². The number of anilines is 2. The Kier molecular flexibility index (Phi) is 7.68. The third kappa shape index (κ3) is 5.47. The first-order valence-electron chi connectivity index (χ1n) is 13.1. The highest BCUT2D eigenvalue weighted by Gasteiger charge is 2.20. The van der Waals surface area contributed by atoms with Crippen molar-refractivity contribution in [3.05, 3.63) is 102 Å². The zero-order valence-electron chi connectivity index (χ0n) is 21.5. The van der Waals surface area contributed by atoms with Crippen LogP contribution in [0, 0.1) is 0 Å². The van der Waals surface area contributed by atoms with Crippen LogP contribution in [0.3, 0.4) is 0 Å². The van der Waals surface area contributed by atoms with Crippen LogP contribution >= 0.6 is 7.92 Å². The van der Waals surface area contributed by atoms with E-state index in [9.17, 15) is 0 Å². The SMILES string of the molecule is CCCC1Nc2ccccc2-c2cccc(c2)C(CCP(C)C)Nc2ccccc2-c2cccc1n2. The van der Waals surface area contributed by atoms with Gasteiger partial charge in [0.15, 0.2) is 0 Å². The molecule has 4 heteroatoms. The maximum atomic E-state index is 5.20. The Labute approximate surface area is 217 Å². The lowest BCUT2D eigenvalue weighted by Crippen LogP contribution is -2.15. The van der Waals surface area contributed by atoms with Crippen LogP contribution in [0.5, 0.6) is 0 Å². The van der Waals surface area contributed by atoms with Crippen molar-refractivity contribution in [3.63, 3.8) is 0 Å². The third-order valence-corrected chi connectivity index (χ3v) is 8.11. The van der Waals surface area contributed by atoms with Gasteiger partial charge in [-0.1, -0.05) is 74.0 Å². The number of aromatic nitrogens is 1. The molecule has 4 aromatic rings. The Bertz CT molecular complexity index is 1320. The Morgan fingerprint density at radius 2 is 1.42 bits per heavy atom. The van der Waals surface area contributed by atoms with Gasteiger partial charge in [-0.25, -0.2) is 0 Å². The van der Waals surface area contributed by atoms with E-state index in [1.807, 2.05) is 0 Å². The number of para-hydroxylation sites is 2. The first-order chi connectivity index (χ1) is 17.6. The van der Waals surface area contributed by atoms with Gasteiger partial charge in [0.05, 0.1) is 23.5 Å². The lowest BCUT2D eigenvalue weighted by molar-refractivity contribution is 0.661. The molecular formula is C32H36N3P. The van der Waals surface area contributed by atoms with Crippen molar-refractivity contribution in [2.45, 2.75) is 38.3 Å². The van der Waals surface area contributed by atoms with Crippen LogP contribution in [0.4, 0.5) is 11.4 Å². The van der Waals surface area contributed by atoms with E-state index in [0.717, 1.165) is 47.6 Å². The molecule has 0 saturated heterocycles. The molecule has 3 aromatic carbocycles. The fraction of sp³-hybridized carbons (Fsp3) is 0.281. The van der Waals surface area contributed by atoms with E-state index in [4.69, 9.17) is 4.98 Å². The molecular weight excluding hydrogens is 457 g/mol. The number of nitrogens with one attached hydrogen (secondary N) is 2. The molecule has 1 aliphatic heterocycles. The molecule has 0 amide bonds. The maximum Gasteiger partial charge on any atom is 0.0727 e. The molecule has 0 saturated carbocycles. The molecule has 184 valence electrons. The molecule has 0 aliphatic carbocycles. The van der Waals surface area contributed by atoms with Crippen molar-refractivity contribution >= 4 is 19.3 Å². The van der Waals surface area contributed by atoms with E-state index in [1.54, 1.807) is 0 Å². The summed E-state index contributed by atoms with van der Waals surface area (Å²) in [6.07, 6.45) is 4.43. The molecule has 2 N–H and O–H groups in total. The van der Waals surface area contributed by atoms with Crippen LogP contribution < -0.4 is 10.6 Å². The number of hydrogen-bond acceptors (Lipinski definition) is 3. The van der Waals surface area contributed by atoms with Gasteiger partial charge in [0.25, 0.3) is 0 Å². The van der Waals surface area contributed by atoms with E-state index < -0.39 is 0 Å². The van der Waals surface area contributed by atoms with Gasteiger partial charge in [-0.3, -0.25) is 4.98 Å². The summed E-state index contributed by atoms with van der Waals surface area (Å²) in [7, 11) is 0.0276. The Morgan fingerprint density at radius 3 is 2.19 bits per heavy atom. The summed E-state index contributed by atoms with van der Waals surface area (Å²) in [6.45, 7) is 6.98. The summed E-state index contributed by atoms with van der Waals surface area (Å²) in [5, 5.41) is 7.81. The standard InChI is InChI=1S/C32H36N3P/c1-4-11-31-32-19-10-18-30(35-32)26-15-6-8-17-29(26)33-27(20-21-36(2)3)24-13-9-12-23(22-24)25-14-5-7-16-28(25)34-31/h5-10,12-19,22,27,31,33-34H,4,11,20-21H2,1-3H3. The van der Waals surface area contributed by atoms with Crippen LogP contribution in [0.15, 0.2) is 91.0 Å². The average molecular weight is 494 g/mol. The zero-order chi connectivity index (χ0) is 24.9. The molecule has 36 heavy (non-hydrogen) atoms. The number of hydrogen-bond donors (Lipinski definition) is 2. The molecule has 5 rings (SSSR count). The molecule has 1 aliphatic rings. The maximum absolute atomic E-state index is 5.20. The van der Waals surface area contributed by atoms with E-state index in [1.165, 1.54) is 22.9 Å². The lowest BCUT2D eigenvalue weighted by Gasteiger charge is -2.26. The van der Waals surface area contributed by atoms with Gasteiger partial charge in [-0.2, -0.15) is 0 Å². The monoisotopic (exact) mass is 493 g/mol. The molecule has 2 heterocycles. The Morgan fingerprint density at radius 1 is 0.722 bits per heavy atom. The van der Waals surface area contributed by atoms with E-state index in [2.05, 4.69) is 122 Å². The number of fused-ring (bicyclic) bond motifs is 8. The van der Waals surface area contributed by atoms with Gasteiger partial charge in [0.2, 0.25) is 0 Å². The van der Waals surface area contributed by atoms with E-state index in [-0.39, 0.29) is 20.0 Å². The highest BCUT2D eigenvalue weighted by molar-refractivity contribution is 7.55. The lowest BCUT2D eigenvalue weighted by atomic mass is 9.95. The summed E-state index contributed by atoms with van der Waals surface area (Å²) in [4.78, 5) is 5.20. The van der Waals surface area contributed by atoms with E-state index in [0.29, 0.717) is 0 Å². The predicted molar refractivity (Wildman–Crippen MR) is 157 cm³/mol. The first-order valence-corrected chi connectivity index (χ1v) is 15.5. The predicted octanol–water partition coefficient (Wildman–Crippen LogP) is 8.97. The van der Waals surface area contributed by atoms with Crippen molar-refractivity contribution in [1.82, 2.24) is 4.98 Å². The van der Waals surface area contributed by atoms with Crippen molar-refractivity contribution in [1.29, 1.82) is 0 Å². The van der Waals surface area contributed by atoms with Crippen molar-refractivity contribution in [3.8, 4) is 22.4 Å². The highest BCUT2D eigenvalue weighted by Crippen LogP contribution is 2.38. The van der Waals surface area contributed by atoms with Crippen molar-refractivity contribution in [2.24, 2.45) is 0 Å². The molecule has 0 fully saturated rings. The molecule has 0 radical (unpaired) electrons. The zero-order valence-corrected chi connectivity index (χ0v) is 22.4. The number of benzene rings is 3. The molecule has 3 nitrogen and oxygen atoms in total. The molecule has 0 spiro atoms. The second-order valence-corrected chi connectivity index (χ2v) is 12.5. The quantitative estimate of drug-likeness (QED) is 0.272. The van der Waals surface area contributed by atoms with Crippen molar-refractivity contribution in [2.75, 3.05) is 30.1 Å². The second-order valence-electron chi connectivity index (χ2n) is 9.94. The van der Waals surface area contributed by atoms with Gasteiger partial charge in [0, 0.05) is 22.5 Å². The van der Waals surface area contributed by atoms with Crippen LogP contribution in [0.25, 0.3) is 22.4 Å². The van der Waals surface area contributed by atoms with Crippen LogP contribution in [0.2, 0.25) is 0 Å². The fourth-order valence-corrected chi connectivity index (χ4v) is 5.85. The summed E-state index contributed by atoms with van der Waals surface area (Å²) >= 11 is 0. The minimum Gasteiger partial charge on any atom is -0.378 e. The smallest absolute Gasteiger partial charge is 0.0727 e. The van der Waals surface area contributed by atoms with Crippen molar-refractivity contribution < 1.29 is 0 Å². The summed E-state index contributed by atoms with van der Waals surface area (Å²) < 4.78 is 0. The summed E-state index contributed by atoms with van der Waals surface area (Å²) in [5.41, 5.74) is 9.38. The minimum absolute atomic E-state index is 0.0276. The first kappa shape index (κ1) is 24.5. The fourth-order valence-electron chi connectivity index (χ4n) is 5.08.